The molecule has 0 radical (unpaired) electrons. The SMILES string of the molecule is O=C(O)C1CCCN(C(=O)NCc2nc3ccc([N+](=O)[O-])cc3[nH]2)C1. The number of aromatic nitrogens is 2. The van der Waals surface area contributed by atoms with Crippen molar-refractivity contribution in [1.82, 2.24) is 20.2 Å². The molecule has 0 bridgehead atoms. The molecule has 1 aliphatic rings. The summed E-state index contributed by atoms with van der Waals surface area (Å²) in [6.07, 6.45) is 1.22. The monoisotopic (exact) mass is 347 g/mol. The van der Waals surface area contributed by atoms with Crippen LogP contribution < -0.4 is 5.32 Å². The molecule has 25 heavy (non-hydrogen) atoms. The Balaban J connectivity index is 1.63. The van der Waals surface area contributed by atoms with Crippen LogP contribution in [0.3, 0.4) is 0 Å². The number of H-pyrrole nitrogens is 1. The van der Waals surface area contributed by atoms with Gasteiger partial charge in [-0.05, 0) is 18.9 Å². The van der Waals surface area contributed by atoms with Crippen molar-refractivity contribution in [3.63, 3.8) is 0 Å². The molecule has 2 heterocycles. The van der Waals surface area contributed by atoms with E-state index in [2.05, 4.69) is 15.3 Å². The van der Waals surface area contributed by atoms with Crippen molar-refractivity contribution in [2.24, 2.45) is 5.92 Å². The van der Waals surface area contributed by atoms with Crippen LogP contribution in [-0.4, -0.2) is 50.0 Å². The lowest BCUT2D eigenvalue weighted by molar-refractivity contribution is -0.384. The molecule has 2 aromatic rings. The normalized spacial score (nSPS) is 17.4. The Morgan fingerprint density at radius 2 is 2.28 bits per heavy atom. The highest BCUT2D eigenvalue weighted by molar-refractivity contribution is 5.78. The van der Waals surface area contributed by atoms with Crippen LogP contribution in [0.1, 0.15) is 18.7 Å². The van der Waals surface area contributed by atoms with Crippen LogP contribution in [0, 0.1) is 16.0 Å². The number of piperidine rings is 1. The fourth-order valence-electron chi connectivity index (χ4n) is 2.88. The number of carbonyl (C=O) groups excluding carboxylic acids is 1. The molecule has 1 aromatic carbocycles. The van der Waals surface area contributed by atoms with Gasteiger partial charge in [0.1, 0.15) is 5.82 Å². The summed E-state index contributed by atoms with van der Waals surface area (Å²) in [4.78, 5) is 42.2. The van der Waals surface area contributed by atoms with Crippen molar-refractivity contribution in [3.8, 4) is 0 Å². The minimum atomic E-state index is -0.892. The quantitative estimate of drug-likeness (QED) is 0.565. The van der Waals surface area contributed by atoms with Crippen LogP contribution in [0.25, 0.3) is 11.0 Å². The Labute approximate surface area is 142 Å². The van der Waals surface area contributed by atoms with Crippen molar-refractivity contribution >= 4 is 28.7 Å². The fraction of sp³-hybridized carbons (Fsp3) is 0.400. The molecule has 2 amide bonds. The predicted molar refractivity (Wildman–Crippen MR) is 86.9 cm³/mol. The maximum absolute atomic E-state index is 12.2. The van der Waals surface area contributed by atoms with Gasteiger partial charge in [-0.1, -0.05) is 0 Å². The first-order valence-corrected chi connectivity index (χ1v) is 7.82. The lowest BCUT2D eigenvalue weighted by atomic mass is 9.99. The van der Waals surface area contributed by atoms with Gasteiger partial charge in [-0.2, -0.15) is 0 Å². The average Bonchev–Trinajstić information content (AvgIpc) is 3.01. The Hall–Kier alpha value is -3.17. The molecular formula is C15H17N5O5. The molecule has 1 aromatic heterocycles. The number of likely N-dealkylation sites (tertiary alicyclic amines) is 1. The third-order valence-corrected chi connectivity index (χ3v) is 4.19. The minimum Gasteiger partial charge on any atom is -0.481 e. The highest BCUT2D eigenvalue weighted by Gasteiger charge is 2.28. The molecule has 1 fully saturated rings. The van der Waals surface area contributed by atoms with Gasteiger partial charge in [-0.25, -0.2) is 9.78 Å². The summed E-state index contributed by atoms with van der Waals surface area (Å²) >= 11 is 0. The predicted octanol–water partition coefficient (Wildman–Crippen LogP) is 1.48. The highest BCUT2D eigenvalue weighted by Crippen LogP contribution is 2.19. The summed E-state index contributed by atoms with van der Waals surface area (Å²) in [7, 11) is 0. The zero-order valence-electron chi connectivity index (χ0n) is 13.3. The largest absolute Gasteiger partial charge is 0.481 e. The number of amides is 2. The van der Waals surface area contributed by atoms with Crippen LogP contribution in [0.2, 0.25) is 0 Å². The molecule has 1 aliphatic heterocycles. The third-order valence-electron chi connectivity index (χ3n) is 4.19. The van der Waals surface area contributed by atoms with E-state index in [9.17, 15) is 19.7 Å². The molecule has 3 rings (SSSR count). The second-order valence-corrected chi connectivity index (χ2v) is 5.92. The summed E-state index contributed by atoms with van der Waals surface area (Å²) in [5, 5.41) is 22.5. The first-order chi connectivity index (χ1) is 11.9. The number of nitrogens with one attached hydrogen (secondary N) is 2. The minimum absolute atomic E-state index is 0.0419. The van der Waals surface area contributed by atoms with E-state index in [1.807, 2.05) is 0 Å². The standard InChI is InChI=1S/C15H17N5O5/c21-14(22)9-2-1-5-19(8-9)15(23)16-7-13-17-11-4-3-10(20(24)25)6-12(11)18-13/h3-4,6,9H,1-2,5,7-8H2,(H,16,23)(H,17,18)(H,21,22). The van der Waals surface area contributed by atoms with E-state index in [0.29, 0.717) is 36.2 Å². The number of benzene rings is 1. The summed E-state index contributed by atoms with van der Waals surface area (Å²) in [5.41, 5.74) is 1.04. The van der Waals surface area contributed by atoms with Gasteiger partial charge in [0, 0.05) is 25.2 Å². The molecule has 0 spiro atoms. The molecule has 0 aliphatic carbocycles. The van der Waals surface area contributed by atoms with Gasteiger partial charge in [-0.15, -0.1) is 0 Å². The molecule has 1 saturated heterocycles. The van der Waals surface area contributed by atoms with Gasteiger partial charge in [0.05, 0.1) is 28.4 Å². The fourth-order valence-corrected chi connectivity index (χ4v) is 2.88. The molecule has 0 saturated carbocycles. The number of urea groups is 1. The topological polar surface area (TPSA) is 141 Å². The molecule has 10 nitrogen and oxygen atoms in total. The summed E-state index contributed by atoms with van der Waals surface area (Å²) < 4.78 is 0. The van der Waals surface area contributed by atoms with Crippen LogP contribution in [0.5, 0.6) is 0 Å². The summed E-state index contributed by atoms with van der Waals surface area (Å²) in [5.74, 6) is -0.960. The number of nitro benzene ring substituents is 1. The second kappa shape index (κ2) is 6.75. The van der Waals surface area contributed by atoms with Crippen molar-refractivity contribution in [2.45, 2.75) is 19.4 Å². The number of carboxylic acids is 1. The number of aromatic amines is 1. The van der Waals surface area contributed by atoms with Gasteiger partial charge >= 0.3 is 12.0 Å². The number of carboxylic acid groups (broad SMARTS) is 1. The third kappa shape index (κ3) is 3.67. The molecule has 1 atom stereocenters. The van der Waals surface area contributed by atoms with Crippen molar-refractivity contribution in [3.05, 3.63) is 34.1 Å². The van der Waals surface area contributed by atoms with Crippen LogP contribution in [-0.2, 0) is 11.3 Å². The highest BCUT2D eigenvalue weighted by atomic mass is 16.6. The molecular weight excluding hydrogens is 330 g/mol. The number of non-ortho nitro benzene ring substituents is 1. The van der Waals surface area contributed by atoms with Gasteiger partial charge in [-0.3, -0.25) is 14.9 Å². The summed E-state index contributed by atoms with van der Waals surface area (Å²) in [6, 6.07) is 3.94. The number of nitrogens with zero attached hydrogens (tertiary/aromatic N) is 3. The van der Waals surface area contributed by atoms with E-state index in [0.717, 1.165) is 0 Å². The van der Waals surface area contributed by atoms with Crippen LogP contribution in [0.15, 0.2) is 18.2 Å². The maximum atomic E-state index is 12.2. The van der Waals surface area contributed by atoms with Crippen LogP contribution in [0.4, 0.5) is 10.5 Å². The number of nitro groups is 1. The zero-order valence-corrected chi connectivity index (χ0v) is 13.3. The second-order valence-electron chi connectivity index (χ2n) is 5.92. The Kier molecular flexibility index (Phi) is 4.50. The summed E-state index contributed by atoms with van der Waals surface area (Å²) in [6.45, 7) is 0.824. The molecule has 3 N–H and O–H groups in total. The Morgan fingerprint density at radius 1 is 1.48 bits per heavy atom. The molecule has 1 unspecified atom stereocenters. The van der Waals surface area contributed by atoms with Gasteiger partial charge in [0.15, 0.2) is 0 Å². The zero-order chi connectivity index (χ0) is 18.0. The van der Waals surface area contributed by atoms with E-state index < -0.39 is 16.8 Å². The smallest absolute Gasteiger partial charge is 0.317 e. The lowest BCUT2D eigenvalue weighted by Gasteiger charge is -2.30. The number of carbonyl (C=O) groups is 2. The number of fused-ring (bicyclic) bond motifs is 1. The van der Waals surface area contributed by atoms with Gasteiger partial charge in [0.25, 0.3) is 5.69 Å². The molecule has 10 heteroatoms. The van der Waals surface area contributed by atoms with E-state index in [4.69, 9.17) is 5.11 Å². The number of imidazole rings is 1. The van der Waals surface area contributed by atoms with Gasteiger partial charge < -0.3 is 20.3 Å². The van der Waals surface area contributed by atoms with E-state index in [-0.39, 0.29) is 24.8 Å². The number of rotatable bonds is 4. The number of hydrogen-bond donors (Lipinski definition) is 3. The van der Waals surface area contributed by atoms with E-state index >= 15 is 0 Å². The first kappa shape index (κ1) is 16.7. The Bertz CT molecular complexity index is 833. The van der Waals surface area contributed by atoms with E-state index in [1.54, 1.807) is 0 Å². The Morgan fingerprint density at radius 3 is 3.00 bits per heavy atom. The lowest BCUT2D eigenvalue weighted by Crippen LogP contribution is -2.46. The number of hydrogen-bond acceptors (Lipinski definition) is 5. The average molecular weight is 347 g/mol. The maximum Gasteiger partial charge on any atom is 0.317 e. The molecule has 132 valence electrons. The van der Waals surface area contributed by atoms with E-state index in [1.165, 1.54) is 23.1 Å². The van der Waals surface area contributed by atoms with Crippen molar-refractivity contribution in [1.29, 1.82) is 0 Å². The van der Waals surface area contributed by atoms with Crippen LogP contribution >= 0.6 is 0 Å². The van der Waals surface area contributed by atoms with Gasteiger partial charge in [0.2, 0.25) is 0 Å². The first-order valence-electron chi connectivity index (χ1n) is 7.82. The van der Waals surface area contributed by atoms with Crippen molar-refractivity contribution < 1.29 is 19.6 Å². The number of aliphatic carboxylic acids is 1. The van der Waals surface area contributed by atoms with Crippen molar-refractivity contribution in [2.75, 3.05) is 13.1 Å².